The highest BCUT2D eigenvalue weighted by molar-refractivity contribution is 7.97. The Morgan fingerprint density at radius 3 is 2.71 bits per heavy atom. The number of hydrogen-bond acceptors (Lipinski definition) is 4. The maximum Gasteiger partial charge on any atom is 0.287 e. The largest absolute Gasteiger partial charge is 0.496 e. The number of nitrogens with one attached hydrogen (secondary N) is 1. The predicted octanol–water partition coefficient (Wildman–Crippen LogP) is 4.23. The number of carbonyl (C=O) groups excluding carboxylic acids is 1. The zero-order chi connectivity index (χ0) is 16.9. The van der Waals surface area contributed by atoms with Crippen LogP contribution in [0, 0.1) is 0 Å². The lowest BCUT2D eigenvalue weighted by Gasteiger charge is -2.09. The van der Waals surface area contributed by atoms with Gasteiger partial charge in [0, 0.05) is 28.8 Å². The molecule has 0 spiro atoms. The number of benzene rings is 2. The first-order valence-corrected chi connectivity index (χ1v) is 9.03. The highest BCUT2D eigenvalue weighted by Crippen LogP contribution is 2.28. The van der Waals surface area contributed by atoms with Gasteiger partial charge in [-0.3, -0.25) is 4.79 Å². The van der Waals surface area contributed by atoms with E-state index in [4.69, 9.17) is 9.15 Å². The summed E-state index contributed by atoms with van der Waals surface area (Å²) in [6.07, 6.45) is 2.01. The molecule has 0 bridgehead atoms. The second-order valence-corrected chi connectivity index (χ2v) is 6.20. The first-order valence-electron chi connectivity index (χ1n) is 7.64. The van der Waals surface area contributed by atoms with Gasteiger partial charge >= 0.3 is 0 Å². The van der Waals surface area contributed by atoms with Crippen LogP contribution in [-0.2, 0) is 12.3 Å². The number of methoxy groups -OCH3 is 1. The zero-order valence-corrected chi connectivity index (χ0v) is 14.5. The smallest absolute Gasteiger partial charge is 0.287 e. The van der Waals surface area contributed by atoms with Gasteiger partial charge in [0.1, 0.15) is 11.3 Å². The van der Waals surface area contributed by atoms with Gasteiger partial charge in [0.05, 0.1) is 7.11 Å². The van der Waals surface area contributed by atoms with Gasteiger partial charge in [-0.15, -0.1) is 0 Å². The second-order valence-electron chi connectivity index (χ2n) is 5.33. The Kier molecular flexibility index (Phi) is 5.11. The maximum absolute atomic E-state index is 12.6. The van der Waals surface area contributed by atoms with Gasteiger partial charge in [0.15, 0.2) is 5.76 Å². The lowest BCUT2D eigenvalue weighted by molar-refractivity contribution is 0.0924. The SMILES string of the molecule is COc1ccccc1CNC(=O)c1oc2ccccc2c1CSC. The molecular formula is C19H19NO3S. The summed E-state index contributed by atoms with van der Waals surface area (Å²) in [5.41, 5.74) is 2.61. The first-order chi connectivity index (χ1) is 11.7. The topological polar surface area (TPSA) is 51.5 Å². The van der Waals surface area contributed by atoms with Crippen molar-refractivity contribution >= 4 is 28.6 Å². The molecule has 1 N–H and O–H groups in total. The number of ether oxygens (including phenoxy) is 1. The molecule has 3 aromatic rings. The van der Waals surface area contributed by atoms with Crippen LogP contribution in [0.3, 0.4) is 0 Å². The summed E-state index contributed by atoms with van der Waals surface area (Å²) in [4.78, 5) is 12.6. The fraction of sp³-hybridized carbons (Fsp3) is 0.211. The summed E-state index contributed by atoms with van der Waals surface area (Å²) in [6.45, 7) is 0.387. The van der Waals surface area contributed by atoms with Crippen LogP contribution in [0.5, 0.6) is 5.75 Å². The standard InChI is InChI=1S/C19H19NO3S/c1-22-16-9-5-3-7-13(16)11-20-19(21)18-15(12-24-2)14-8-4-6-10-17(14)23-18/h3-10H,11-12H2,1-2H3,(H,20,21). The third-order valence-electron chi connectivity index (χ3n) is 3.83. The molecule has 4 nitrogen and oxygen atoms in total. The fourth-order valence-corrected chi connectivity index (χ4v) is 3.25. The van der Waals surface area contributed by atoms with Crippen molar-refractivity contribution in [3.63, 3.8) is 0 Å². The molecule has 1 heterocycles. The number of hydrogen-bond donors (Lipinski definition) is 1. The normalized spacial score (nSPS) is 10.8. The van der Waals surface area contributed by atoms with E-state index in [2.05, 4.69) is 5.32 Å². The molecule has 124 valence electrons. The third kappa shape index (κ3) is 3.26. The Bertz CT molecular complexity index is 857. The highest BCUT2D eigenvalue weighted by Gasteiger charge is 2.20. The molecule has 0 fully saturated rings. The number of fused-ring (bicyclic) bond motifs is 1. The van der Waals surface area contributed by atoms with Gasteiger partial charge in [0.2, 0.25) is 0 Å². The average molecular weight is 341 g/mol. The van der Waals surface area contributed by atoms with Crippen molar-refractivity contribution in [2.24, 2.45) is 0 Å². The number of furan rings is 1. The Hall–Kier alpha value is -2.40. The van der Waals surface area contributed by atoms with Crippen molar-refractivity contribution in [1.82, 2.24) is 5.32 Å². The first kappa shape index (κ1) is 16.5. The molecule has 0 saturated heterocycles. The van der Waals surface area contributed by atoms with Crippen LogP contribution >= 0.6 is 11.8 Å². The summed E-state index contributed by atoms with van der Waals surface area (Å²) < 4.78 is 11.1. The molecule has 1 aromatic heterocycles. The van der Waals surface area contributed by atoms with E-state index in [-0.39, 0.29) is 5.91 Å². The second kappa shape index (κ2) is 7.45. The molecule has 24 heavy (non-hydrogen) atoms. The number of carbonyl (C=O) groups is 1. The molecule has 0 atom stereocenters. The van der Waals surface area contributed by atoms with E-state index in [1.165, 1.54) is 0 Å². The summed E-state index contributed by atoms with van der Waals surface area (Å²) in [6, 6.07) is 15.4. The van der Waals surface area contributed by atoms with E-state index in [0.717, 1.165) is 33.6 Å². The third-order valence-corrected chi connectivity index (χ3v) is 4.40. The Morgan fingerprint density at radius 1 is 1.17 bits per heavy atom. The number of amides is 1. The summed E-state index contributed by atoms with van der Waals surface area (Å²) >= 11 is 1.67. The van der Waals surface area contributed by atoms with Crippen LogP contribution in [-0.4, -0.2) is 19.3 Å². The number of rotatable bonds is 6. The molecule has 0 aliphatic carbocycles. The van der Waals surface area contributed by atoms with Gasteiger partial charge in [-0.1, -0.05) is 36.4 Å². The Balaban J connectivity index is 1.84. The van der Waals surface area contributed by atoms with Gasteiger partial charge in [-0.2, -0.15) is 11.8 Å². The van der Waals surface area contributed by atoms with E-state index in [1.807, 2.05) is 54.8 Å². The van der Waals surface area contributed by atoms with Crippen molar-refractivity contribution in [3.05, 3.63) is 65.4 Å². The van der Waals surface area contributed by atoms with E-state index < -0.39 is 0 Å². The van der Waals surface area contributed by atoms with E-state index in [9.17, 15) is 4.79 Å². The molecule has 0 unspecified atom stereocenters. The average Bonchev–Trinajstić information content (AvgIpc) is 2.99. The monoisotopic (exact) mass is 341 g/mol. The minimum Gasteiger partial charge on any atom is -0.496 e. The molecule has 0 aliphatic rings. The van der Waals surface area contributed by atoms with Crippen LogP contribution in [0.1, 0.15) is 21.7 Å². The van der Waals surface area contributed by atoms with E-state index in [0.29, 0.717) is 12.3 Å². The maximum atomic E-state index is 12.6. The molecular weight excluding hydrogens is 322 g/mol. The number of para-hydroxylation sites is 2. The van der Waals surface area contributed by atoms with Crippen molar-refractivity contribution in [3.8, 4) is 5.75 Å². The van der Waals surface area contributed by atoms with Crippen molar-refractivity contribution in [1.29, 1.82) is 0 Å². The quantitative estimate of drug-likeness (QED) is 0.729. The molecule has 1 amide bonds. The minimum absolute atomic E-state index is 0.207. The fourth-order valence-electron chi connectivity index (χ4n) is 2.67. The van der Waals surface area contributed by atoms with Crippen LogP contribution in [0.4, 0.5) is 0 Å². The molecule has 0 radical (unpaired) electrons. The van der Waals surface area contributed by atoms with Crippen LogP contribution < -0.4 is 10.1 Å². The van der Waals surface area contributed by atoms with Crippen LogP contribution in [0.25, 0.3) is 11.0 Å². The predicted molar refractivity (Wildman–Crippen MR) is 97.6 cm³/mol. The van der Waals surface area contributed by atoms with Crippen LogP contribution in [0.15, 0.2) is 52.9 Å². The molecule has 3 rings (SSSR count). The van der Waals surface area contributed by atoms with Gasteiger partial charge in [-0.05, 0) is 18.4 Å². The lowest BCUT2D eigenvalue weighted by Crippen LogP contribution is -2.23. The Labute approximate surface area is 145 Å². The molecule has 0 saturated carbocycles. The van der Waals surface area contributed by atoms with Gasteiger partial charge < -0.3 is 14.5 Å². The van der Waals surface area contributed by atoms with E-state index in [1.54, 1.807) is 18.9 Å². The summed E-state index contributed by atoms with van der Waals surface area (Å²) in [5.74, 6) is 1.67. The lowest BCUT2D eigenvalue weighted by atomic mass is 10.1. The van der Waals surface area contributed by atoms with Crippen LogP contribution in [0.2, 0.25) is 0 Å². The summed E-state index contributed by atoms with van der Waals surface area (Å²) in [7, 11) is 1.62. The highest BCUT2D eigenvalue weighted by atomic mass is 32.2. The number of thioether (sulfide) groups is 1. The minimum atomic E-state index is -0.207. The van der Waals surface area contributed by atoms with Crippen molar-refractivity contribution in [2.45, 2.75) is 12.3 Å². The van der Waals surface area contributed by atoms with E-state index >= 15 is 0 Å². The molecule has 5 heteroatoms. The summed E-state index contributed by atoms with van der Waals surface area (Å²) in [5, 5.41) is 3.92. The molecule has 0 aliphatic heterocycles. The van der Waals surface area contributed by atoms with Crippen molar-refractivity contribution < 1.29 is 13.9 Å². The van der Waals surface area contributed by atoms with Crippen molar-refractivity contribution in [2.75, 3.05) is 13.4 Å². The van der Waals surface area contributed by atoms with Gasteiger partial charge in [0.25, 0.3) is 5.91 Å². The molecule has 2 aromatic carbocycles. The zero-order valence-electron chi connectivity index (χ0n) is 13.7. The van der Waals surface area contributed by atoms with Gasteiger partial charge in [-0.25, -0.2) is 0 Å². The Morgan fingerprint density at radius 2 is 1.92 bits per heavy atom.